The molecule has 4 rings (SSSR count). The predicted molar refractivity (Wildman–Crippen MR) is 113 cm³/mol. The molecule has 2 heterocycles. The van der Waals surface area contributed by atoms with Gasteiger partial charge in [-0.1, -0.05) is 24.4 Å². The maximum absolute atomic E-state index is 12.5. The maximum atomic E-state index is 12.5. The Morgan fingerprint density at radius 2 is 1.74 bits per heavy atom. The van der Waals surface area contributed by atoms with E-state index in [1.807, 2.05) is 12.1 Å². The van der Waals surface area contributed by atoms with E-state index in [9.17, 15) is 13.2 Å². The second-order valence-corrected chi connectivity index (χ2v) is 7.55. The molecule has 0 saturated heterocycles. The Balaban J connectivity index is 1.61. The quantitative estimate of drug-likeness (QED) is 0.467. The van der Waals surface area contributed by atoms with Crippen LogP contribution in [-0.4, -0.2) is 27.4 Å². The summed E-state index contributed by atoms with van der Waals surface area (Å²) in [6, 6.07) is 9.68. The van der Waals surface area contributed by atoms with Crippen LogP contribution in [0, 0.1) is 0 Å². The highest BCUT2D eigenvalue weighted by Crippen LogP contribution is 2.33. The molecule has 0 atom stereocenters. The molecule has 0 spiro atoms. The minimum absolute atomic E-state index is 0.171. The van der Waals surface area contributed by atoms with E-state index < -0.39 is 12.1 Å². The molecule has 1 aliphatic carbocycles. The van der Waals surface area contributed by atoms with Crippen molar-refractivity contribution in [3.63, 3.8) is 0 Å². The SMILES string of the molecule is FC(F)(F)Oc1ccc(Nc2cc(-c3ccncc3)nc(NC3CCCC3)n2)cc1Cl. The van der Waals surface area contributed by atoms with Crippen molar-refractivity contribution < 1.29 is 17.9 Å². The molecule has 0 amide bonds. The van der Waals surface area contributed by atoms with E-state index in [-0.39, 0.29) is 5.02 Å². The van der Waals surface area contributed by atoms with Crippen LogP contribution in [0.15, 0.2) is 48.8 Å². The Bertz CT molecular complexity index is 1040. The minimum atomic E-state index is -4.81. The Kier molecular flexibility index (Phi) is 6.13. The van der Waals surface area contributed by atoms with Crippen LogP contribution < -0.4 is 15.4 Å². The van der Waals surface area contributed by atoms with E-state index >= 15 is 0 Å². The number of aromatic nitrogens is 3. The smallest absolute Gasteiger partial charge is 0.404 e. The summed E-state index contributed by atoms with van der Waals surface area (Å²) in [6.07, 6.45) is 2.98. The number of benzene rings is 1. The summed E-state index contributed by atoms with van der Waals surface area (Å²) in [4.78, 5) is 13.2. The highest BCUT2D eigenvalue weighted by Gasteiger charge is 2.32. The van der Waals surface area contributed by atoms with Crippen LogP contribution in [0.4, 0.5) is 30.6 Å². The molecule has 1 aliphatic rings. The van der Waals surface area contributed by atoms with Crippen molar-refractivity contribution >= 4 is 29.1 Å². The molecule has 1 saturated carbocycles. The Hall–Kier alpha value is -3.07. The highest BCUT2D eigenvalue weighted by atomic mass is 35.5. The molecule has 2 N–H and O–H groups in total. The van der Waals surface area contributed by atoms with Gasteiger partial charge in [-0.3, -0.25) is 4.98 Å². The molecule has 0 bridgehead atoms. The van der Waals surface area contributed by atoms with Gasteiger partial charge in [0.2, 0.25) is 5.95 Å². The Morgan fingerprint density at radius 1 is 1.00 bits per heavy atom. The largest absolute Gasteiger partial charge is 0.573 e. The molecular weight excluding hydrogens is 431 g/mol. The zero-order chi connectivity index (χ0) is 21.8. The first-order valence-electron chi connectivity index (χ1n) is 9.74. The van der Waals surface area contributed by atoms with Gasteiger partial charge in [0.05, 0.1) is 10.7 Å². The van der Waals surface area contributed by atoms with Gasteiger partial charge in [0.15, 0.2) is 0 Å². The number of alkyl halides is 3. The predicted octanol–water partition coefficient (Wildman–Crippen LogP) is 6.19. The van der Waals surface area contributed by atoms with Gasteiger partial charge in [-0.15, -0.1) is 13.2 Å². The molecule has 162 valence electrons. The van der Waals surface area contributed by atoms with Crippen LogP contribution >= 0.6 is 11.6 Å². The molecule has 3 aromatic rings. The van der Waals surface area contributed by atoms with Crippen LogP contribution in [0.2, 0.25) is 5.02 Å². The monoisotopic (exact) mass is 449 g/mol. The number of hydrogen-bond donors (Lipinski definition) is 2. The minimum Gasteiger partial charge on any atom is -0.404 e. The molecule has 10 heteroatoms. The third kappa shape index (κ3) is 5.75. The molecule has 6 nitrogen and oxygen atoms in total. The molecule has 0 radical (unpaired) electrons. The summed E-state index contributed by atoms with van der Waals surface area (Å²) >= 11 is 5.96. The van der Waals surface area contributed by atoms with Crippen molar-refractivity contribution in [3.05, 3.63) is 53.8 Å². The van der Waals surface area contributed by atoms with Crippen molar-refractivity contribution in [2.45, 2.75) is 38.1 Å². The van der Waals surface area contributed by atoms with Gasteiger partial charge < -0.3 is 15.4 Å². The summed E-state index contributed by atoms with van der Waals surface area (Å²) in [6.45, 7) is 0. The first-order valence-corrected chi connectivity index (χ1v) is 10.1. The number of nitrogens with zero attached hydrogens (tertiary/aromatic N) is 3. The average molecular weight is 450 g/mol. The first kappa shape index (κ1) is 21.2. The zero-order valence-electron chi connectivity index (χ0n) is 16.3. The van der Waals surface area contributed by atoms with Gasteiger partial charge in [-0.25, -0.2) is 4.98 Å². The lowest BCUT2D eigenvalue weighted by Gasteiger charge is -2.15. The first-order chi connectivity index (χ1) is 14.9. The Labute approximate surface area is 181 Å². The standard InChI is InChI=1S/C21H19ClF3N5O/c22-16-11-15(5-6-18(16)31-21(23,24)25)27-19-12-17(13-7-9-26-10-8-13)29-20(30-19)28-14-3-1-2-4-14/h5-12,14H,1-4H2,(H2,27,28,29,30). The fourth-order valence-corrected chi connectivity index (χ4v) is 3.65. The zero-order valence-corrected chi connectivity index (χ0v) is 17.0. The van der Waals surface area contributed by atoms with E-state index in [2.05, 4.69) is 30.3 Å². The topological polar surface area (TPSA) is 72.0 Å². The van der Waals surface area contributed by atoms with Crippen molar-refractivity contribution in [3.8, 4) is 17.0 Å². The average Bonchev–Trinajstić information content (AvgIpc) is 3.23. The fraction of sp³-hybridized carbons (Fsp3) is 0.286. The second kappa shape index (κ2) is 8.97. The van der Waals surface area contributed by atoms with Gasteiger partial charge in [0, 0.05) is 35.8 Å². The van der Waals surface area contributed by atoms with Crippen LogP contribution in [0.3, 0.4) is 0 Å². The van der Waals surface area contributed by atoms with E-state index in [0.29, 0.717) is 29.2 Å². The number of nitrogens with one attached hydrogen (secondary N) is 2. The van der Waals surface area contributed by atoms with Gasteiger partial charge in [0.25, 0.3) is 0 Å². The van der Waals surface area contributed by atoms with Gasteiger partial charge in [-0.05, 0) is 43.2 Å². The van der Waals surface area contributed by atoms with E-state index in [0.717, 1.165) is 37.3 Å². The fourth-order valence-electron chi connectivity index (χ4n) is 3.43. The number of halogens is 4. The van der Waals surface area contributed by atoms with Gasteiger partial charge in [0.1, 0.15) is 11.6 Å². The molecule has 1 fully saturated rings. The van der Waals surface area contributed by atoms with Crippen LogP contribution in [0.25, 0.3) is 11.3 Å². The number of anilines is 3. The molecular formula is C21H19ClF3N5O. The Morgan fingerprint density at radius 3 is 2.42 bits per heavy atom. The summed E-state index contributed by atoms with van der Waals surface area (Å²) in [5.74, 6) is 0.484. The number of pyridine rings is 1. The normalized spacial score (nSPS) is 14.5. The number of hydrogen-bond acceptors (Lipinski definition) is 6. The lowest BCUT2D eigenvalue weighted by Crippen LogP contribution is -2.17. The van der Waals surface area contributed by atoms with Crippen molar-refractivity contribution in [2.75, 3.05) is 10.6 Å². The lowest BCUT2D eigenvalue weighted by atomic mass is 10.2. The van der Waals surface area contributed by atoms with Crippen molar-refractivity contribution in [1.82, 2.24) is 15.0 Å². The molecule has 0 aliphatic heterocycles. The van der Waals surface area contributed by atoms with E-state index in [4.69, 9.17) is 11.6 Å². The van der Waals surface area contributed by atoms with Crippen molar-refractivity contribution in [1.29, 1.82) is 0 Å². The number of rotatable bonds is 6. The molecule has 2 aromatic heterocycles. The summed E-state index contributed by atoms with van der Waals surface area (Å²) < 4.78 is 41.3. The summed E-state index contributed by atoms with van der Waals surface area (Å²) in [5.41, 5.74) is 2.01. The molecule has 1 aromatic carbocycles. The number of ether oxygens (including phenoxy) is 1. The molecule has 0 unspecified atom stereocenters. The van der Waals surface area contributed by atoms with Crippen LogP contribution in [0.1, 0.15) is 25.7 Å². The van der Waals surface area contributed by atoms with Crippen LogP contribution in [-0.2, 0) is 0 Å². The highest BCUT2D eigenvalue weighted by molar-refractivity contribution is 6.32. The van der Waals surface area contributed by atoms with Gasteiger partial charge in [-0.2, -0.15) is 4.98 Å². The maximum Gasteiger partial charge on any atom is 0.573 e. The molecule has 31 heavy (non-hydrogen) atoms. The summed E-state index contributed by atoms with van der Waals surface area (Å²) in [7, 11) is 0. The third-order valence-electron chi connectivity index (χ3n) is 4.82. The second-order valence-electron chi connectivity index (χ2n) is 7.14. The van der Waals surface area contributed by atoms with E-state index in [1.165, 1.54) is 12.1 Å². The lowest BCUT2D eigenvalue weighted by molar-refractivity contribution is -0.274. The van der Waals surface area contributed by atoms with Crippen LogP contribution in [0.5, 0.6) is 5.75 Å². The van der Waals surface area contributed by atoms with E-state index in [1.54, 1.807) is 18.5 Å². The van der Waals surface area contributed by atoms with Gasteiger partial charge >= 0.3 is 6.36 Å². The van der Waals surface area contributed by atoms with Crippen molar-refractivity contribution in [2.24, 2.45) is 0 Å². The summed E-state index contributed by atoms with van der Waals surface area (Å²) in [5, 5.41) is 6.29. The third-order valence-corrected chi connectivity index (χ3v) is 5.12.